The third-order valence-corrected chi connectivity index (χ3v) is 4.64. The summed E-state index contributed by atoms with van der Waals surface area (Å²) in [6.07, 6.45) is 7.04. The van der Waals surface area contributed by atoms with Gasteiger partial charge in [0.15, 0.2) is 0 Å². The summed E-state index contributed by atoms with van der Waals surface area (Å²) in [7, 11) is 0. The summed E-state index contributed by atoms with van der Waals surface area (Å²) in [6, 6.07) is 7.95. The molecule has 0 N–H and O–H groups in total. The zero-order valence-corrected chi connectivity index (χ0v) is 13.6. The molecule has 6 nitrogen and oxygen atoms in total. The van der Waals surface area contributed by atoms with E-state index in [2.05, 4.69) is 15.0 Å². The van der Waals surface area contributed by atoms with Gasteiger partial charge < -0.3 is 9.47 Å². The fraction of sp³-hybridized carbons (Fsp3) is 0.333. The number of amides is 1. The fourth-order valence-corrected chi connectivity index (χ4v) is 3.48. The van der Waals surface area contributed by atoms with Crippen LogP contribution in [-0.4, -0.2) is 36.9 Å². The molecule has 1 aliphatic rings. The molecule has 122 valence electrons. The van der Waals surface area contributed by atoms with Crippen LogP contribution in [0, 0.1) is 6.92 Å². The molecule has 0 bridgehead atoms. The zero-order valence-electron chi connectivity index (χ0n) is 13.6. The normalized spacial score (nSPS) is 17.5. The van der Waals surface area contributed by atoms with Crippen molar-refractivity contribution in [2.24, 2.45) is 0 Å². The Morgan fingerprint density at radius 1 is 1.29 bits per heavy atom. The van der Waals surface area contributed by atoms with Crippen LogP contribution in [-0.2, 0) is 11.3 Å². The Morgan fingerprint density at radius 3 is 3.00 bits per heavy atom. The van der Waals surface area contributed by atoms with Crippen molar-refractivity contribution in [1.29, 1.82) is 0 Å². The molecule has 2 aromatic heterocycles. The van der Waals surface area contributed by atoms with Gasteiger partial charge in [0, 0.05) is 18.9 Å². The van der Waals surface area contributed by atoms with Crippen molar-refractivity contribution in [1.82, 2.24) is 24.4 Å². The largest absolute Gasteiger partial charge is 0.332 e. The number of imidazole rings is 1. The van der Waals surface area contributed by atoms with Crippen LogP contribution in [0.15, 0.2) is 42.9 Å². The number of hydrogen-bond donors (Lipinski definition) is 0. The van der Waals surface area contributed by atoms with Crippen LogP contribution in [0.5, 0.6) is 0 Å². The maximum atomic E-state index is 12.9. The topological polar surface area (TPSA) is 63.9 Å². The van der Waals surface area contributed by atoms with Crippen LogP contribution in [0.3, 0.4) is 0 Å². The van der Waals surface area contributed by atoms with Crippen molar-refractivity contribution in [3.05, 3.63) is 54.4 Å². The summed E-state index contributed by atoms with van der Waals surface area (Å²) in [5.41, 5.74) is 2.80. The Balaban J connectivity index is 1.60. The van der Waals surface area contributed by atoms with E-state index in [1.54, 1.807) is 18.6 Å². The number of rotatable bonds is 3. The second-order valence-corrected chi connectivity index (χ2v) is 6.11. The first-order chi connectivity index (χ1) is 11.7. The molecule has 1 aromatic carbocycles. The van der Waals surface area contributed by atoms with Gasteiger partial charge in [0.05, 0.1) is 29.0 Å². The molecule has 1 aliphatic heterocycles. The maximum Gasteiger partial charge on any atom is 0.243 e. The van der Waals surface area contributed by atoms with Gasteiger partial charge in [-0.2, -0.15) is 0 Å². The summed E-state index contributed by atoms with van der Waals surface area (Å²) in [6.45, 7) is 3.02. The van der Waals surface area contributed by atoms with E-state index < -0.39 is 0 Å². The van der Waals surface area contributed by atoms with Crippen LogP contribution in [0.4, 0.5) is 0 Å². The van der Waals surface area contributed by atoms with E-state index in [0.29, 0.717) is 6.54 Å². The predicted octanol–water partition coefficient (Wildman–Crippen LogP) is 2.50. The Hall–Kier alpha value is -2.76. The molecule has 3 aromatic rings. The Morgan fingerprint density at radius 2 is 2.17 bits per heavy atom. The predicted molar refractivity (Wildman–Crippen MR) is 90.2 cm³/mol. The summed E-state index contributed by atoms with van der Waals surface area (Å²) >= 11 is 0. The number of carbonyl (C=O) groups excluding carboxylic acids is 1. The number of likely N-dealkylation sites (tertiary alicyclic amines) is 1. The van der Waals surface area contributed by atoms with Gasteiger partial charge in [0.25, 0.3) is 0 Å². The van der Waals surface area contributed by atoms with Gasteiger partial charge >= 0.3 is 0 Å². The molecule has 1 fully saturated rings. The third kappa shape index (κ3) is 2.54. The number of carbonyl (C=O) groups is 1. The highest BCUT2D eigenvalue weighted by Crippen LogP contribution is 2.30. The Bertz CT molecular complexity index is 874. The van der Waals surface area contributed by atoms with Crippen molar-refractivity contribution in [2.45, 2.75) is 32.4 Å². The zero-order chi connectivity index (χ0) is 16.5. The number of benzene rings is 1. The molecule has 1 saturated heterocycles. The highest BCUT2D eigenvalue weighted by atomic mass is 16.2. The number of fused-ring (bicyclic) bond motifs is 1. The van der Waals surface area contributed by atoms with E-state index in [1.165, 1.54) is 0 Å². The molecule has 4 rings (SSSR count). The second kappa shape index (κ2) is 6.03. The minimum Gasteiger partial charge on any atom is -0.332 e. The Labute approximate surface area is 140 Å². The molecule has 3 heterocycles. The van der Waals surface area contributed by atoms with Crippen molar-refractivity contribution in [2.75, 3.05) is 6.54 Å². The molecular formula is C18H19N5O. The van der Waals surface area contributed by atoms with Gasteiger partial charge in [-0.05, 0) is 31.9 Å². The van der Waals surface area contributed by atoms with Crippen LogP contribution < -0.4 is 0 Å². The van der Waals surface area contributed by atoms with E-state index in [4.69, 9.17) is 0 Å². The maximum absolute atomic E-state index is 12.9. The lowest BCUT2D eigenvalue weighted by Gasteiger charge is -2.24. The van der Waals surface area contributed by atoms with Crippen LogP contribution in [0.25, 0.3) is 11.0 Å². The van der Waals surface area contributed by atoms with Crippen LogP contribution >= 0.6 is 0 Å². The second-order valence-electron chi connectivity index (χ2n) is 6.11. The average Bonchev–Trinajstić information content (AvgIpc) is 3.21. The molecule has 1 amide bonds. The first-order valence-corrected chi connectivity index (χ1v) is 8.21. The molecule has 0 unspecified atom stereocenters. The fourth-order valence-electron chi connectivity index (χ4n) is 3.48. The summed E-state index contributed by atoms with van der Waals surface area (Å²) in [4.78, 5) is 27.9. The van der Waals surface area contributed by atoms with Crippen molar-refractivity contribution >= 4 is 16.9 Å². The first-order valence-electron chi connectivity index (χ1n) is 8.21. The molecule has 0 radical (unpaired) electrons. The molecular weight excluding hydrogens is 302 g/mol. The molecule has 0 aliphatic carbocycles. The molecule has 1 atom stereocenters. The minimum atomic E-state index is 0.0290. The molecule has 0 spiro atoms. The molecule has 6 heteroatoms. The van der Waals surface area contributed by atoms with Crippen molar-refractivity contribution < 1.29 is 4.79 Å². The highest BCUT2D eigenvalue weighted by molar-refractivity contribution is 5.81. The third-order valence-electron chi connectivity index (χ3n) is 4.64. The number of para-hydroxylation sites is 2. The van der Waals surface area contributed by atoms with Crippen molar-refractivity contribution in [3.8, 4) is 0 Å². The van der Waals surface area contributed by atoms with Crippen molar-refractivity contribution in [3.63, 3.8) is 0 Å². The van der Waals surface area contributed by atoms with E-state index in [1.807, 2.05) is 40.7 Å². The smallest absolute Gasteiger partial charge is 0.243 e. The Kier molecular flexibility index (Phi) is 3.72. The quantitative estimate of drug-likeness (QED) is 0.743. The van der Waals surface area contributed by atoms with Gasteiger partial charge in [-0.15, -0.1) is 0 Å². The van der Waals surface area contributed by atoms with E-state index in [9.17, 15) is 4.79 Å². The van der Waals surface area contributed by atoms with Gasteiger partial charge in [-0.3, -0.25) is 14.8 Å². The molecule has 24 heavy (non-hydrogen) atoms. The SMILES string of the molecule is Cc1nc2ccccc2n1CC(=O)N1CCC[C@@H]1c1cnccn1. The lowest BCUT2D eigenvalue weighted by atomic mass is 10.1. The standard InChI is InChI=1S/C18H19N5O/c1-13-21-14-5-2-3-6-16(14)23(13)12-18(24)22-10-4-7-17(22)15-11-19-8-9-20-15/h2-3,5-6,8-9,11,17H,4,7,10,12H2,1H3/t17-/m1/s1. The van der Waals surface area contributed by atoms with Gasteiger partial charge in [-0.25, -0.2) is 4.98 Å². The number of nitrogens with zero attached hydrogens (tertiary/aromatic N) is 5. The number of aryl methyl sites for hydroxylation is 1. The van der Waals surface area contributed by atoms with Gasteiger partial charge in [0.1, 0.15) is 12.4 Å². The highest BCUT2D eigenvalue weighted by Gasteiger charge is 2.31. The summed E-state index contributed by atoms with van der Waals surface area (Å²) < 4.78 is 1.99. The summed E-state index contributed by atoms with van der Waals surface area (Å²) in [5, 5.41) is 0. The lowest BCUT2D eigenvalue weighted by Crippen LogP contribution is -2.34. The van der Waals surface area contributed by atoms with E-state index in [0.717, 1.165) is 41.9 Å². The monoisotopic (exact) mass is 321 g/mol. The van der Waals surface area contributed by atoms with Crippen LogP contribution in [0.2, 0.25) is 0 Å². The average molecular weight is 321 g/mol. The number of aromatic nitrogens is 4. The first kappa shape index (κ1) is 14.8. The summed E-state index contributed by atoms with van der Waals surface area (Å²) in [5.74, 6) is 0.967. The van der Waals surface area contributed by atoms with E-state index >= 15 is 0 Å². The minimum absolute atomic E-state index is 0.0290. The van der Waals surface area contributed by atoms with Crippen LogP contribution in [0.1, 0.15) is 30.4 Å². The number of hydrogen-bond acceptors (Lipinski definition) is 4. The molecule has 0 saturated carbocycles. The van der Waals surface area contributed by atoms with Gasteiger partial charge in [-0.1, -0.05) is 12.1 Å². The van der Waals surface area contributed by atoms with E-state index in [-0.39, 0.29) is 11.9 Å². The lowest BCUT2D eigenvalue weighted by molar-refractivity contribution is -0.132. The van der Waals surface area contributed by atoms with Gasteiger partial charge in [0.2, 0.25) is 5.91 Å².